The molecular weight excluding hydrogens is 252 g/mol. The second-order valence-corrected chi connectivity index (χ2v) is 3.41. The van der Waals surface area contributed by atoms with Crippen LogP contribution in [0.2, 0.25) is 5.02 Å². The molecule has 0 radical (unpaired) electrons. The minimum absolute atomic E-state index is 0.0156. The van der Waals surface area contributed by atoms with Gasteiger partial charge in [0, 0.05) is 16.5 Å². The Morgan fingerprint density at radius 2 is 1.93 bits per heavy atom. The lowest BCUT2D eigenvalue weighted by molar-refractivity contribution is -0.139. The highest BCUT2D eigenvalue weighted by Crippen LogP contribution is 2.41. The summed E-state index contributed by atoms with van der Waals surface area (Å²) in [5.74, 6) is -0.590. The molecule has 84 valence electrons. The van der Waals surface area contributed by atoms with E-state index in [1.165, 1.54) is 12.1 Å². The Balaban J connectivity index is 3.48. The van der Waals surface area contributed by atoms with E-state index in [-0.39, 0.29) is 22.2 Å². The van der Waals surface area contributed by atoms with Crippen LogP contribution in [0.3, 0.4) is 0 Å². The van der Waals surface area contributed by atoms with Crippen molar-refractivity contribution in [3.63, 3.8) is 0 Å². The first-order valence-corrected chi connectivity index (χ1v) is 4.81. The summed E-state index contributed by atoms with van der Waals surface area (Å²) >= 11 is 11.1. The first-order chi connectivity index (χ1) is 6.91. The first kappa shape index (κ1) is 12.5. The van der Waals surface area contributed by atoms with Gasteiger partial charge in [-0.1, -0.05) is 11.6 Å². The van der Waals surface area contributed by atoms with Crippen molar-refractivity contribution in [2.24, 2.45) is 0 Å². The minimum Gasteiger partial charge on any atom is -0.496 e. The van der Waals surface area contributed by atoms with Crippen molar-refractivity contribution in [1.82, 2.24) is 0 Å². The van der Waals surface area contributed by atoms with E-state index in [4.69, 9.17) is 23.2 Å². The van der Waals surface area contributed by atoms with Crippen molar-refractivity contribution < 1.29 is 17.9 Å². The van der Waals surface area contributed by atoms with Crippen LogP contribution in [0.15, 0.2) is 12.1 Å². The van der Waals surface area contributed by atoms with Crippen LogP contribution in [0, 0.1) is 0 Å². The lowest BCUT2D eigenvalue weighted by atomic mass is 10.1. The Hall–Kier alpha value is -0.610. The van der Waals surface area contributed by atoms with Gasteiger partial charge in [0.15, 0.2) is 0 Å². The van der Waals surface area contributed by atoms with Gasteiger partial charge in [0.2, 0.25) is 0 Å². The third-order valence-electron chi connectivity index (χ3n) is 1.85. The maximum absolute atomic E-state index is 12.7. The zero-order valence-corrected chi connectivity index (χ0v) is 9.17. The average molecular weight is 259 g/mol. The van der Waals surface area contributed by atoms with Crippen molar-refractivity contribution >= 4 is 23.2 Å². The van der Waals surface area contributed by atoms with Crippen molar-refractivity contribution in [3.8, 4) is 5.75 Å². The molecule has 1 rings (SSSR count). The van der Waals surface area contributed by atoms with Crippen LogP contribution in [0.1, 0.15) is 11.1 Å². The van der Waals surface area contributed by atoms with E-state index in [0.717, 1.165) is 7.11 Å². The molecule has 0 spiro atoms. The van der Waals surface area contributed by atoms with Crippen LogP contribution in [0.4, 0.5) is 13.2 Å². The second kappa shape index (κ2) is 4.49. The molecule has 15 heavy (non-hydrogen) atoms. The molecule has 6 heteroatoms. The van der Waals surface area contributed by atoms with E-state index in [2.05, 4.69) is 4.74 Å². The summed E-state index contributed by atoms with van der Waals surface area (Å²) in [7, 11) is 1.16. The van der Waals surface area contributed by atoms with Gasteiger partial charge in [0.1, 0.15) is 11.3 Å². The summed E-state index contributed by atoms with van der Waals surface area (Å²) < 4.78 is 42.6. The smallest absolute Gasteiger partial charge is 0.420 e. The van der Waals surface area contributed by atoms with E-state index < -0.39 is 11.7 Å². The van der Waals surface area contributed by atoms with Crippen LogP contribution >= 0.6 is 23.2 Å². The molecule has 0 N–H and O–H groups in total. The maximum atomic E-state index is 12.7. The number of ether oxygens (including phenoxy) is 1. The lowest BCUT2D eigenvalue weighted by Crippen LogP contribution is -2.11. The highest BCUT2D eigenvalue weighted by Gasteiger charge is 2.37. The van der Waals surface area contributed by atoms with Gasteiger partial charge in [-0.25, -0.2) is 0 Å². The highest BCUT2D eigenvalue weighted by atomic mass is 35.5. The monoisotopic (exact) mass is 258 g/mol. The van der Waals surface area contributed by atoms with Gasteiger partial charge in [-0.15, -0.1) is 11.6 Å². The normalized spacial score (nSPS) is 11.6. The zero-order chi connectivity index (χ0) is 11.6. The van der Waals surface area contributed by atoms with Crippen LogP contribution in [0.5, 0.6) is 5.75 Å². The number of alkyl halides is 4. The Morgan fingerprint density at radius 3 is 2.33 bits per heavy atom. The SMILES string of the molecule is COc1ccc(Cl)c(CCl)c1C(F)(F)F. The number of rotatable bonds is 2. The fourth-order valence-corrected chi connectivity index (χ4v) is 1.78. The zero-order valence-electron chi connectivity index (χ0n) is 7.66. The summed E-state index contributed by atoms with van der Waals surface area (Å²) in [6, 6.07) is 2.49. The Kier molecular flexibility index (Phi) is 3.73. The Labute approximate surface area is 94.7 Å². The summed E-state index contributed by atoms with van der Waals surface area (Å²) in [6.45, 7) is 0. The van der Waals surface area contributed by atoms with Crippen molar-refractivity contribution in [3.05, 3.63) is 28.3 Å². The van der Waals surface area contributed by atoms with Gasteiger partial charge in [0.25, 0.3) is 0 Å². The molecule has 1 nitrogen and oxygen atoms in total. The van der Waals surface area contributed by atoms with E-state index in [9.17, 15) is 13.2 Å². The van der Waals surface area contributed by atoms with Crippen LogP contribution in [0.25, 0.3) is 0 Å². The van der Waals surface area contributed by atoms with Crippen LogP contribution in [-0.2, 0) is 12.1 Å². The molecule has 0 saturated carbocycles. The molecule has 0 aliphatic carbocycles. The van der Waals surface area contributed by atoms with Gasteiger partial charge < -0.3 is 4.74 Å². The topological polar surface area (TPSA) is 9.23 Å². The van der Waals surface area contributed by atoms with Gasteiger partial charge in [0.05, 0.1) is 7.11 Å². The van der Waals surface area contributed by atoms with E-state index in [1.807, 2.05) is 0 Å². The van der Waals surface area contributed by atoms with E-state index in [0.29, 0.717) is 0 Å². The largest absolute Gasteiger partial charge is 0.496 e. The molecule has 0 amide bonds. The predicted molar refractivity (Wildman–Crippen MR) is 52.6 cm³/mol. The summed E-state index contributed by atoms with van der Waals surface area (Å²) in [5.41, 5.74) is -1.07. The number of halogens is 5. The molecule has 0 unspecified atom stereocenters. The van der Waals surface area contributed by atoms with E-state index >= 15 is 0 Å². The van der Waals surface area contributed by atoms with Crippen molar-refractivity contribution in [1.29, 1.82) is 0 Å². The number of hydrogen-bond acceptors (Lipinski definition) is 1. The van der Waals surface area contributed by atoms with Gasteiger partial charge >= 0.3 is 6.18 Å². The molecule has 0 fully saturated rings. The van der Waals surface area contributed by atoms with Gasteiger partial charge in [-0.2, -0.15) is 13.2 Å². The van der Waals surface area contributed by atoms with Crippen molar-refractivity contribution in [2.45, 2.75) is 12.1 Å². The fourth-order valence-electron chi connectivity index (χ4n) is 1.21. The molecule has 0 saturated heterocycles. The number of benzene rings is 1. The summed E-state index contributed by atoms with van der Waals surface area (Å²) in [5, 5.41) is -0.0156. The summed E-state index contributed by atoms with van der Waals surface area (Å²) in [4.78, 5) is 0. The highest BCUT2D eigenvalue weighted by molar-refractivity contribution is 6.32. The quantitative estimate of drug-likeness (QED) is 0.726. The molecule has 0 heterocycles. The molecule has 1 aromatic carbocycles. The molecule has 0 atom stereocenters. The predicted octanol–water partition coefficient (Wildman–Crippen LogP) is 4.11. The lowest BCUT2D eigenvalue weighted by Gasteiger charge is -2.16. The number of methoxy groups -OCH3 is 1. The molecule has 0 aliphatic rings. The number of hydrogen-bond donors (Lipinski definition) is 0. The third kappa shape index (κ3) is 2.49. The molecule has 1 aromatic rings. The fraction of sp³-hybridized carbons (Fsp3) is 0.333. The molecule has 0 aromatic heterocycles. The maximum Gasteiger partial charge on any atom is 0.420 e. The minimum atomic E-state index is -4.53. The van der Waals surface area contributed by atoms with Gasteiger partial charge in [-0.3, -0.25) is 0 Å². The average Bonchev–Trinajstić information content (AvgIpc) is 2.15. The summed E-state index contributed by atoms with van der Waals surface area (Å²) in [6.07, 6.45) is -4.53. The Bertz CT molecular complexity index is 363. The molecular formula is C9H7Cl2F3O. The van der Waals surface area contributed by atoms with E-state index in [1.54, 1.807) is 0 Å². The van der Waals surface area contributed by atoms with Gasteiger partial charge in [-0.05, 0) is 12.1 Å². The standard InChI is InChI=1S/C9H7Cl2F3O/c1-15-7-3-2-6(11)5(4-10)8(7)9(12,13)14/h2-3H,4H2,1H3. The first-order valence-electron chi connectivity index (χ1n) is 3.90. The second-order valence-electron chi connectivity index (χ2n) is 2.73. The van der Waals surface area contributed by atoms with Crippen molar-refractivity contribution in [2.75, 3.05) is 7.11 Å². The Morgan fingerprint density at radius 1 is 1.33 bits per heavy atom. The molecule has 0 aliphatic heterocycles. The third-order valence-corrected chi connectivity index (χ3v) is 2.48. The van der Waals surface area contributed by atoms with Crippen LogP contribution in [-0.4, -0.2) is 7.11 Å². The molecule has 0 bridgehead atoms. The van der Waals surface area contributed by atoms with Crippen LogP contribution < -0.4 is 4.74 Å².